The van der Waals surface area contributed by atoms with Crippen molar-refractivity contribution in [3.63, 3.8) is 0 Å². The van der Waals surface area contributed by atoms with Crippen molar-refractivity contribution in [2.75, 3.05) is 13.7 Å². The SMILES string of the molecule is COC(=O)CNC(=O)C(c1ccccc1C)N(C(=O)C(C)NC(=O)OC(C)(C)C)C1CC1C. The molecule has 4 atom stereocenters. The molecule has 1 aliphatic rings. The number of carbonyl (C=O) groups is 4. The second kappa shape index (κ2) is 10.7. The zero-order valence-electron chi connectivity index (χ0n) is 20.4. The van der Waals surface area contributed by atoms with Gasteiger partial charge in [0.05, 0.1) is 7.11 Å². The first-order chi connectivity index (χ1) is 15.4. The molecule has 33 heavy (non-hydrogen) atoms. The molecule has 9 heteroatoms. The minimum absolute atomic E-state index is 0.172. The molecule has 9 nitrogen and oxygen atoms in total. The van der Waals surface area contributed by atoms with Crippen LogP contribution in [0.1, 0.15) is 58.2 Å². The Hall–Kier alpha value is -3.10. The zero-order chi connectivity index (χ0) is 24.9. The highest BCUT2D eigenvalue weighted by Gasteiger charge is 2.47. The van der Waals surface area contributed by atoms with Gasteiger partial charge < -0.3 is 25.0 Å². The number of ether oxygens (including phenoxy) is 2. The van der Waals surface area contributed by atoms with E-state index in [4.69, 9.17) is 4.74 Å². The van der Waals surface area contributed by atoms with Gasteiger partial charge in [-0.2, -0.15) is 0 Å². The minimum Gasteiger partial charge on any atom is -0.468 e. The maximum atomic E-state index is 13.6. The Labute approximate surface area is 195 Å². The van der Waals surface area contributed by atoms with Crippen molar-refractivity contribution in [3.8, 4) is 0 Å². The second-order valence-corrected chi connectivity index (χ2v) is 9.45. The lowest BCUT2D eigenvalue weighted by molar-refractivity contribution is -0.145. The van der Waals surface area contributed by atoms with Gasteiger partial charge in [-0.25, -0.2) is 4.79 Å². The van der Waals surface area contributed by atoms with Crippen molar-refractivity contribution >= 4 is 23.9 Å². The molecule has 1 aromatic carbocycles. The number of hydrogen-bond donors (Lipinski definition) is 2. The number of hydrogen-bond acceptors (Lipinski definition) is 6. The van der Waals surface area contributed by atoms with E-state index >= 15 is 0 Å². The van der Waals surface area contributed by atoms with E-state index in [-0.39, 0.29) is 18.5 Å². The minimum atomic E-state index is -0.971. The molecule has 0 aliphatic heterocycles. The Balaban J connectivity index is 2.37. The summed E-state index contributed by atoms with van der Waals surface area (Å²) in [5, 5.41) is 5.16. The number of nitrogens with zero attached hydrogens (tertiary/aromatic N) is 1. The van der Waals surface area contributed by atoms with Gasteiger partial charge in [0.25, 0.3) is 0 Å². The molecule has 4 unspecified atom stereocenters. The van der Waals surface area contributed by atoms with Gasteiger partial charge >= 0.3 is 12.1 Å². The van der Waals surface area contributed by atoms with Crippen LogP contribution in [0.5, 0.6) is 0 Å². The molecular weight excluding hydrogens is 426 g/mol. The molecular formula is C24H35N3O6. The number of methoxy groups -OCH3 is 1. The van der Waals surface area contributed by atoms with Crippen molar-refractivity contribution in [3.05, 3.63) is 35.4 Å². The summed E-state index contributed by atoms with van der Waals surface area (Å²) < 4.78 is 9.89. The predicted molar refractivity (Wildman–Crippen MR) is 122 cm³/mol. The summed E-state index contributed by atoms with van der Waals surface area (Å²) in [5.74, 6) is -1.30. The van der Waals surface area contributed by atoms with Gasteiger partial charge in [-0.3, -0.25) is 14.4 Å². The van der Waals surface area contributed by atoms with Gasteiger partial charge in [-0.1, -0.05) is 31.2 Å². The van der Waals surface area contributed by atoms with Crippen LogP contribution in [0.3, 0.4) is 0 Å². The van der Waals surface area contributed by atoms with Crippen molar-refractivity contribution in [1.29, 1.82) is 0 Å². The van der Waals surface area contributed by atoms with Crippen LogP contribution in [0.2, 0.25) is 0 Å². The lowest BCUT2D eigenvalue weighted by atomic mass is 9.98. The largest absolute Gasteiger partial charge is 0.468 e. The molecule has 0 heterocycles. The van der Waals surface area contributed by atoms with Gasteiger partial charge in [0.1, 0.15) is 24.2 Å². The number of alkyl carbamates (subject to hydrolysis) is 1. The maximum Gasteiger partial charge on any atom is 0.408 e. The van der Waals surface area contributed by atoms with E-state index in [1.807, 2.05) is 26.0 Å². The van der Waals surface area contributed by atoms with Crippen LogP contribution in [0, 0.1) is 12.8 Å². The second-order valence-electron chi connectivity index (χ2n) is 9.45. The topological polar surface area (TPSA) is 114 Å². The van der Waals surface area contributed by atoms with Crippen molar-refractivity contribution < 1.29 is 28.7 Å². The molecule has 0 radical (unpaired) electrons. The van der Waals surface area contributed by atoms with Crippen molar-refractivity contribution in [1.82, 2.24) is 15.5 Å². The van der Waals surface area contributed by atoms with E-state index in [9.17, 15) is 19.2 Å². The van der Waals surface area contributed by atoms with Crippen LogP contribution in [0.25, 0.3) is 0 Å². The highest BCUT2D eigenvalue weighted by atomic mass is 16.6. The van der Waals surface area contributed by atoms with Crippen LogP contribution >= 0.6 is 0 Å². The maximum absolute atomic E-state index is 13.6. The summed E-state index contributed by atoms with van der Waals surface area (Å²) in [5.41, 5.74) is 0.765. The lowest BCUT2D eigenvalue weighted by Gasteiger charge is -2.34. The fourth-order valence-corrected chi connectivity index (χ4v) is 3.58. The first kappa shape index (κ1) is 26.2. The zero-order valence-corrected chi connectivity index (χ0v) is 20.4. The first-order valence-electron chi connectivity index (χ1n) is 11.1. The third-order valence-electron chi connectivity index (χ3n) is 5.43. The summed E-state index contributed by atoms with van der Waals surface area (Å²) in [7, 11) is 1.24. The number of esters is 1. The molecule has 182 valence electrons. The normalized spacial score (nSPS) is 19.0. The molecule has 1 saturated carbocycles. The fourth-order valence-electron chi connectivity index (χ4n) is 3.58. The monoisotopic (exact) mass is 461 g/mol. The Morgan fingerprint density at radius 1 is 1.18 bits per heavy atom. The van der Waals surface area contributed by atoms with Crippen molar-refractivity contribution in [2.24, 2.45) is 5.92 Å². The summed E-state index contributed by atoms with van der Waals surface area (Å²) in [6, 6.07) is 5.22. The quantitative estimate of drug-likeness (QED) is 0.575. The molecule has 0 bridgehead atoms. The van der Waals surface area contributed by atoms with Gasteiger partial charge in [-0.05, 0) is 58.1 Å². The molecule has 2 N–H and O–H groups in total. The molecule has 1 fully saturated rings. The number of nitrogens with one attached hydrogen (secondary N) is 2. The van der Waals surface area contributed by atoms with Gasteiger partial charge in [-0.15, -0.1) is 0 Å². The Kier molecular flexibility index (Phi) is 8.46. The molecule has 1 aromatic rings. The number of amides is 3. The predicted octanol–water partition coefficient (Wildman–Crippen LogP) is 2.48. The summed E-state index contributed by atoms with van der Waals surface area (Å²) >= 11 is 0. The van der Waals surface area contributed by atoms with Crippen LogP contribution < -0.4 is 10.6 Å². The fraction of sp³-hybridized carbons (Fsp3) is 0.583. The Morgan fingerprint density at radius 2 is 1.79 bits per heavy atom. The van der Waals surface area contributed by atoms with Crippen LogP contribution in [0.15, 0.2) is 24.3 Å². The van der Waals surface area contributed by atoms with Gasteiger partial charge in [0.15, 0.2) is 0 Å². The van der Waals surface area contributed by atoms with Crippen molar-refractivity contribution in [2.45, 2.75) is 71.7 Å². The number of rotatable bonds is 8. The highest BCUT2D eigenvalue weighted by Crippen LogP contribution is 2.41. The molecule has 0 saturated heterocycles. The van der Waals surface area contributed by atoms with E-state index in [0.29, 0.717) is 5.56 Å². The molecule has 1 aliphatic carbocycles. The third-order valence-corrected chi connectivity index (χ3v) is 5.43. The van der Waals surface area contributed by atoms with Crippen LogP contribution in [-0.2, 0) is 23.9 Å². The summed E-state index contributed by atoms with van der Waals surface area (Å²) in [4.78, 5) is 52.3. The first-order valence-corrected chi connectivity index (χ1v) is 11.1. The number of carbonyl (C=O) groups excluding carboxylic acids is 4. The molecule has 3 amide bonds. The van der Waals surface area contributed by atoms with E-state index < -0.39 is 41.6 Å². The lowest BCUT2D eigenvalue weighted by Crippen LogP contribution is -2.53. The number of benzene rings is 1. The van der Waals surface area contributed by atoms with Crippen LogP contribution in [0.4, 0.5) is 4.79 Å². The summed E-state index contributed by atoms with van der Waals surface area (Å²) in [6.07, 6.45) is 0.0205. The number of aryl methyl sites for hydroxylation is 1. The molecule has 0 spiro atoms. The van der Waals surface area contributed by atoms with Gasteiger partial charge in [0.2, 0.25) is 11.8 Å². The Bertz CT molecular complexity index is 894. The van der Waals surface area contributed by atoms with E-state index in [2.05, 4.69) is 15.4 Å². The third kappa shape index (κ3) is 7.20. The van der Waals surface area contributed by atoms with E-state index in [1.54, 1.807) is 39.8 Å². The van der Waals surface area contributed by atoms with Crippen LogP contribution in [-0.4, -0.2) is 60.1 Å². The average Bonchev–Trinajstić information content (AvgIpc) is 3.44. The van der Waals surface area contributed by atoms with E-state index in [1.165, 1.54) is 12.0 Å². The van der Waals surface area contributed by atoms with E-state index in [0.717, 1.165) is 12.0 Å². The molecule has 0 aromatic heterocycles. The Morgan fingerprint density at radius 3 is 2.30 bits per heavy atom. The average molecular weight is 462 g/mol. The standard InChI is InChI=1S/C24H35N3O6/c1-14-10-8-9-11-17(14)20(21(29)25-13-19(28)32-7)27(18-12-15(18)2)22(30)16(3)26-23(31)33-24(4,5)6/h8-11,15-16,18,20H,12-13H2,1-7H3,(H,25,29)(H,26,31). The van der Waals surface area contributed by atoms with Gasteiger partial charge in [0, 0.05) is 6.04 Å². The highest BCUT2D eigenvalue weighted by molar-refractivity contribution is 5.93. The molecule has 2 rings (SSSR count). The smallest absolute Gasteiger partial charge is 0.408 e. The summed E-state index contributed by atoms with van der Waals surface area (Å²) in [6.45, 7) is 10.3.